The third kappa shape index (κ3) is 5.84. The van der Waals surface area contributed by atoms with Gasteiger partial charge in [0.1, 0.15) is 11.5 Å². The smallest absolute Gasteiger partial charge is 0.340 e. The molecule has 2 aromatic carbocycles. The highest BCUT2D eigenvalue weighted by Crippen LogP contribution is 2.49. The van der Waals surface area contributed by atoms with Crippen LogP contribution in [0.15, 0.2) is 47.5 Å². The Morgan fingerprint density at radius 3 is 1.14 bits per heavy atom. The van der Waals surface area contributed by atoms with E-state index in [1.165, 1.54) is 0 Å². The van der Waals surface area contributed by atoms with E-state index in [-0.39, 0.29) is 11.8 Å². The minimum absolute atomic E-state index is 0.0612. The van der Waals surface area contributed by atoms with Gasteiger partial charge in [0, 0.05) is 0 Å². The van der Waals surface area contributed by atoms with Gasteiger partial charge >= 0.3 is 11.9 Å². The molecule has 2 aliphatic carbocycles. The summed E-state index contributed by atoms with van der Waals surface area (Å²) in [4.78, 5) is 27.1. The molecule has 0 amide bonds. The summed E-state index contributed by atoms with van der Waals surface area (Å²) < 4.78 is 11.9. The number of esters is 2. The lowest BCUT2D eigenvalue weighted by atomic mass is 9.91. The topological polar surface area (TPSA) is 52.6 Å². The van der Waals surface area contributed by atoms with Gasteiger partial charge in [-0.05, 0) is 101 Å². The molecule has 4 nitrogen and oxygen atoms in total. The van der Waals surface area contributed by atoms with Crippen LogP contribution in [0.25, 0.3) is 0 Å². The molecular weight excluding hydrogens is 460 g/mol. The first kappa shape index (κ1) is 27.2. The molecular formula is C33H42O4. The Hall–Kier alpha value is -2.88. The lowest BCUT2D eigenvalue weighted by Gasteiger charge is -2.20. The van der Waals surface area contributed by atoms with E-state index in [0.717, 1.165) is 41.5 Å². The molecule has 2 unspecified atom stereocenters. The number of ether oxygens (including phenoxy) is 2. The van der Waals surface area contributed by atoms with Crippen molar-refractivity contribution in [3.63, 3.8) is 0 Å². The van der Waals surface area contributed by atoms with Crippen molar-refractivity contribution in [3.05, 3.63) is 69.8 Å². The average molecular weight is 503 g/mol. The molecule has 0 aliphatic heterocycles. The van der Waals surface area contributed by atoms with Gasteiger partial charge in [-0.2, -0.15) is 0 Å². The molecule has 0 heterocycles. The minimum Gasteiger partial charge on any atom is -0.423 e. The van der Waals surface area contributed by atoms with Crippen LogP contribution in [0.4, 0.5) is 0 Å². The van der Waals surface area contributed by atoms with E-state index in [9.17, 15) is 9.59 Å². The molecule has 198 valence electrons. The first-order valence-electron chi connectivity index (χ1n) is 13.9. The molecule has 0 spiro atoms. The Bertz CT molecular complexity index is 1070. The number of hydrogen-bond acceptors (Lipinski definition) is 4. The molecule has 2 aromatic rings. The molecule has 0 saturated heterocycles. The van der Waals surface area contributed by atoms with Crippen molar-refractivity contribution >= 4 is 11.9 Å². The maximum Gasteiger partial charge on any atom is 0.340 e. The van der Waals surface area contributed by atoms with Crippen LogP contribution in [0, 0.1) is 11.8 Å². The van der Waals surface area contributed by atoms with E-state index >= 15 is 0 Å². The molecule has 4 rings (SSSR count). The molecule has 2 bridgehead atoms. The molecule has 0 aromatic heterocycles. The lowest BCUT2D eigenvalue weighted by molar-refractivity contribution is -0.133. The third-order valence-electron chi connectivity index (χ3n) is 7.97. The van der Waals surface area contributed by atoms with E-state index < -0.39 is 11.9 Å². The highest BCUT2D eigenvalue weighted by Gasteiger charge is 2.46. The summed E-state index contributed by atoms with van der Waals surface area (Å²) in [5.74, 6) is 1.69. The van der Waals surface area contributed by atoms with Crippen LogP contribution in [-0.2, 0) is 9.59 Å². The number of rotatable bonds is 8. The molecule has 37 heavy (non-hydrogen) atoms. The Kier molecular flexibility index (Phi) is 7.96. The minimum atomic E-state index is -0.409. The van der Waals surface area contributed by atoms with Gasteiger partial charge in [-0.15, -0.1) is 0 Å². The number of carbonyl (C=O) groups excluding carboxylic acids is 2. The number of hydrogen-bond donors (Lipinski definition) is 0. The SMILES string of the molecule is CC(C)c1cc(OC(=O)C2=C(C(=O)Oc3cc(C(C)C)cc(C(C)C)c3)C3CCC2C3)cc(C(C)C)c1. The molecule has 2 aliphatic rings. The maximum atomic E-state index is 13.5. The predicted octanol–water partition coefficient (Wildman–Crippen LogP) is 8.42. The Morgan fingerprint density at radius 1 is 0.568 bits per heavy atom. The zero-order valence-corrected chi connectivity index (χ0v) is 23.7. The first-order valence-corrected chi connectivity index (χ1v) is 13.9. The van der Waals surface area contributed by atoms with Crippen LogP contribution < -0.4 is 9.47 Å². The zero-order valence-electron chi connectivity index (χ0n) is 23.7. The molecule has 2 atom stereocenters. The van der Waals surface area contributed by atoms with Crippen LogP contribution in [0.2, 0.25) is 0 Å². The molecule has 1 fully saturated rings. The number of carbonyl (C=O) groups is 2. The van der Waals surface area contributed by atoms with Crippen LogP contribution in [0.5, 0.6) is 11.5 Å². The highest BCUT2D eigenvalue weighted by molar-refractivity contribution is 6.03. The third-order valence-corrected chi connectivity index (χ3v) is 7.97. The summed E-state index contributed by atoms with van der Waals surface area (Å²) in [5.41, 5.74) is 5.60. The first-order chi connectivity index (χ1) is 17.4. The van der Waals surface area contributed by atoms with E-state index in [1.807, 2.05) is 24.3 Å². The zero-order chi connectivity index (χ0) is 27.0. The van der Waals surface area contributed by atoms with Crippen LogP contribution in [0.3, 0.4) is 0 Å². The van der Waals surface area contributed by atoms with E-state index in [4.69, 9.17) is 9.47 Å². The normalized spacial score (nSPS) is 19.0. The van der Waals surface area contributed by atoms with Crippen molar-refractivity contribution in [3.8, 4) is 11.5 Å². The van der Waals surface area contributed by atoms with Gasteiger partial charge < -0.3 is 9.47 Å². The van der Waals surface area contributed by atoms with Crippen molar-refractivity contribution in [2.24, 2.45) is 11.8 Å². The second-order valence-corrected chi connectivity index (χ2v) is 12.1. The van der Waals surface area contributed by atoms with E-state index in [2.05, 4.69) is 67.5 Å². The fraction of sp³-hybridized carbons (Fsp3) is 0.515. The number of fused-ring (bicyclic) bond motifs is 2. The van der Waals surface area contributed by atoms with Crippen molar-refractivity contribution in [1.82, 2.24) is 0 Å². The highest BCUT2D eigenvalue weighted by atomic mass is 16.5. The molecule has 0 radical (unpaired) electrons. The van der Waals surface area contributed by atoms with Crippen LogP contribution >= 0.6 is 0 Å². The van der Waals surface area contributed by atoms with Gasteiger partial charge in [0.15, 0.2) is 0 Å². The Morgan fingerprint density at radius 2 is 0.865 bits per heavy atom. The monoisotopic (exact) mass is 502 g/mol. The molecule has 4 heteroatoms. The lowest BCUT2D eigenvalue weighted by Crippen LogP contribution is -2.24. The predicted molar refractivity (Wildman–Crippen MR) is 148 cm³/mol. The number of benzene rings is 2. The van der Waals surface area contributed by atoms with E-state index in [0.29, 0.717) is 46.3 Å². The fourth-order valence-corrected chi connectivity index (χ4v) is 5.57. The van der Waals surface area contributed by atoms with Crippen molar-refractivity contribution < 1.29 is 19.1 Å². The summed E-state index contributed by atoms with van der Waals surface area (Å²) in [7, 11) is 0. The second kappa shape index (κ2) is 10.8. The van der Waals surface area contributed by atoms with E-state index in [1.54, 1.807) is 0 Å². The van der Waals surface area contributed by atoms with Gasteiger partial charge in [0.2, 0.25) is 0 Å². The summed E-state index contributed by atoms with van der Waals surface area (Å²) in [5, 5.41) is 0. The van der Waals surface area contributed by atoms with Gasteiger partial charge in [0.25, 0.3) is 0 Å². The Labute approximate surface area is 222 Å². The standard InChI is InChI=1S/C33H42O4/c1-18(2)24-12-25(19(3)4)15-28(14-24)36-32(34)30-22-9-10-23(11-22)31(30)33(35)37-29-16-26(20(5)6)13-27(17-29)21(7)8/h12-23H,9-11H2,1-8H3. The van der Waals surface area contributed by atoms with Gasteiger partial charge in [0.05, 0.1) is 11.1 Å². The largest absolute Gasteiger partial charge is 0.423 e. The van der Waals surface area contributed by atoms with Crippen molar-refractivity contribution in [2.45, 2.75) is 98.3 Å². The van der Waals surface area contributed by atoms with Gasteiger partial charge in [-0.25, -0.2) is 9.59 Å². The summed E-state index contributed by atoms with van der Waals surface area (Å²) in [6, 6.07) is 12.2. The Balaban J connectivity index is 1.64. The summed E-state index contributed by atoms with van der Waals surface area (Å²) in [6.45, 7) is 17.1. The van der Waals surface area contributed by atoms with Crippen LogP contribution in [0.1, 0.15) is 121 Å². The van der Waals surface area contributed by atoms with Crippen molar-refractivity contribution in [2.75, 3.05) is 0 Å². The second-order valence-electron chi connectivity index (χ2n) is 12.1. The summed E-state index contributed by atoms with van der Waals surface area (Å²) in [6.07, 6.45) is 2.65. The molecule has 0 N–H and O–H groups in total. The van der Waals surface area contributed by atoms with Crippen LogP contribution in [-0.4, -0.2) is 11.9 Å². The molecule has 1 saturated carbocycles. The van der Waals surface area contributed by atoms with Gasteiger partial charge in [-0.3, -0.25) is 0 Å². The average Bonchev–Trinajstić information content (AvgIpc) is 3.45. The van der Waals surface area contributed by atoms with Crippen molar-refractivity contribution in [1.29, 1.82) is 0 Å². The fourth-order valence-electron chi connectivity index (χ4n) is 5.57. The quantitative estimate of drug-likeness (QED) is 0.268. The van der Waals surface area contributed by atoms with Gasteiger partial charge in [-0.1, -0.05) is 67.5 Å². The summed E-state index contributed by atoms with van der Waals surface area (Å²) >= 11 is 0. The maximum absolute atomic E-state index is 13.5.